The Hall–Kier alpha value is -5.27. The maximum absolute atomic E-state index is 4.61. The number of benzene rings is 7. The van der Waals surface area contributed by atoms with Gasteiger partial charge in [-0.25, -0.2) is 0 Å². The first kappa shape index (κ1) is 22.7. The van der Waals surface area contributed by atoms with E-state index in [0.717, 1.165) is 0 Å². The summed E-state index contributed by atoms with van der Waals surface area (Å²) in [6, 6.07) is 50.4. The van der Waals surface area contributed by atoms with Crippen molar-refractivity contribution in [1.29, 1.82) is 0 Å². The van der Waals surface area contributed by atoms with E-state index in [-0.39, 0.29) is 0 Å². The van der Waals surface area contributed by atoms with Gasteiger partial charge in [-0.2, -0.15) is 0 Å². The molecule has 186 valence electrons. The van der Waals surface area contributed by atoms with E-state index in [2.05, 4.69) is 145 Å². The lowest BCUT2D eigenvalue weighted by molar-refractivity contribution is 1.37. The zero-order valence-corrected chi connectivity index (χ0v) is 21.9. The lowest BCUT2D eigenvalue weighted by Crippen LogP contribution is -1.93. The second-order valence-electron chi connectivity index (χ2n) is 10.4. The molecule has 0 fully saturated rings. The Balaban J connectivity index is 1.46. The van der Waals surface area contributed by atoms with Crippen molar-refractivity contribution in [2.75, 3.05) is 0 Å². The van der Waals surface area contributed by atoms with Gasteiger partial charge < -0.3 is 0 Å². The summed E-state index contributed by atoms with van der Waals surface area (Å²) in [5.74, 6) is 0. The molecule has 0 saturated heterocycles. The van der Waals surface area contributed by atoms with Gasteiger partial charge in [-0.3, -0.25) is 4.98 Å². The van der Waals surface area contributed by atoms with Crippen LogP contribution in [0.2, 0.25) is 0 Å². The van der Waals surface area contributed by atoms with Gasteiger partial charge in [0.15, 0.2) is 0 Å². The van der Waals surface area contributed by atoms with Crippen molar-refractivity contribution in [2.24, 2.45) is 0 Å². The number of pyridine rings is 1. The molecule has 1 heteroatoms. The van der Waals surface area contributed by atoms with Crippen molar-refractivity contribution < 1.29 is 0 Å². The SMILES string of the molecule is c1ccc(-c2c3ccccc3c(-c3ccc(-c4ccc5ccccc5c4)c4ccccc34)c3cnccc23)cc1. The van der Waals surface area contributed by atoms with Crippen LogP contribution in [0.3, 0.4) is 0 Å². The molecule has 0 aliphatic rings. The van der Waals surface area contributed by atoms with Crippen LogP contribution in [-0.4, -0.2) is 4.98 Å². The minimum absolute atomic E-state index is 1.17. The van der Waals surface area contributed by atoms with E-state index in [1.54, 1.807) is 0 Å². The van der Waals surface area contributed by atoms with Crippen LogP contribution in [-0.2, 0) is 0 Å². The first-order valence-corrected chi connectivity index (χ1v) is 13.7. The van der Waals surface area contributed by atoms with E-state index in [4.69, 9.17) is 0 Å². The van der Waals surface area contributed by atoms with Crippen LogP contribution >= 0.6 is 0 Å². The fourth-order valence-corrected chi connectivity index (χ4v) is 6.35. The molecule has 1 heterocycles. The van der Waals surface area contributed by atoms with E-state index >= 15 is 0 Å². The summed E-state index contributed by atoms with van der Waals surface area (Å²) in [4.78, 5) is 4.61. The molecular formula is C39H25N. The van der Waals surface area contributed by atoms with E-state index in [1.165, 1.54) is 76.5 Å². The third kappa shape index (κ3) is 3.52. The lowest BCUT2D eigenvalue weighted by Gasteiger charge is -2.19. The minimum atomic E-state index is 1.17. The van der Waals surface area contributed by atoms with Gasteiger partial charge >= 0.3 is 0 Å². The van der Waals surface area contributed by atoms with Crippen LogP contribution < -0.4 is 0 Å². The molecule has 8 aromatic rings. The van der Waals surface area contributed by atoms with Crippen LogP contribution in [0.5, 0.6) is 0 Å². The predicted octanol–water partition coefficient (Wildman–Crippen LogP) is 10.7. The fraction of sp³-hybridized carbons (Fsp3) is 0. The van der Waals surface area contributed by atoms with E-state index in [9.17, 15) is 0 Å². The van der Waals surface area contributed by atoms with Gasteiger partial charge in [-0.15, -0.1) is 0 Å². The Labute approximate surface area is 233 Å². The first-order chi connectivity index (χ1) is 19.9. The van der Waals surface area contributed by atoms with Gasteiger partial charge in [0.05, 0.1) is 0 Å². The highest BCUT2D eigenvalue weighted by molar-refractivity contribution is 6.24. The number of fused-ring (bicyclic) bond motifs is 4. The smallest absolute Gasteiger partial charge is 0.0353 e. The number of rotatable bonds is 3. The van der Waals surface area contributed by atoms with Crippen LogP contribution in [0.25, 0.3) is 76.5 Å². The van der Waals surface area contributed by atoms with Gasteiger partial charge in [0.1, 0.15) is 0 Å². The summed E-state index contributed by atoms with van der Waals surface area (Å²) in [5, 5.41) is 9.90. The third-order valence-electron chi connectivity index (χ3n) is 8.14. The Morgan fingerprint density at radius 2 is 0.950 bits per heavy atom. The fourth-order valence-electron chi connectivity index (χ4n) is 6.35. The van der Waals surface area contributed by atoms with Crippen molar-refractivity contribution in [3.05, 3.63) is 152 Å². The molecule has 0 unspecified atom stereocenters. The molecule has 0 bridgehead atoms. The molecule has 0 aliphatic carbocycles. The summed E-state index contributed by atoms with van der Waals surface area (Å²) in [6.45, 7) is 0. The molecule has 40 heavy (non-hydrogen) atoms. The highest BCUT2D eigenvalue weighted by atomic mass is 14.6. The maximum Gasteiger partial charge on any atom is 0.0353 e. The van der Waals surface area contributed by atoms with Gasteiger partial charge in [0, 0.05) is 17.8 Å². The van der Waals surface area contributed by atoms with Gasteiger partial charge in [-0.1, -0.05) is 127 Å². The van der Waals surface area contributed by atoms with Gasteiger partial charge in [0.25, 0.3) is 0 Å². The highest BCUT2D eigenvalue weighted by Gasteiger charge is 2.19. The van der Waals surface area contributed by atoms with E-state index < -0.39 is 0 Å². The number of hydrogen-bond donors (Lipinski definition) is 0. The number of aromatic nitrogens is 1. The first-order valence-electron chi connectivity index (χ1n) is 13.7. The zero-order chi connectivity index (χ0) is 26.5. The average Bonchev–Trinajstić information content (AvgIpc) is 3.03. The van der Waals surface area contributed by atoms with Crippen molar-refractivity contribution in [3.8, 4) is 33.4 Å². The Bertz CT molecular complexity index is 2150. The second kappa shape index (κ2) is 9.18. The summed E-state index contributed by atoms with van der Waals surface area (Å²) in [5.41, 5.74) is 7.43. The molecule has 0 aliphatic heterocycles. The number of nitrogens with zero attached hydrogens (tertiary/aromatic N) is 1. The molecule has 0 spiro atoms. The summed E-state index contributed by atoms with van der Waals surface area (Å²) in [6.07, 6.45) is 3.95. The quantitative estimate of drug-likeness (QED) is 0.217. The third-order valence-corrected chi connectivity index (χ3v) is 8.14. The number of hydrogen-bond acceptors (Lipinski definition) is 1. The monoisotopic (exact) mass is 507 g/mol. The molecular weight excluding hydrogens is 482 g/mol. The molecule has 7 aromatic carbocycles. The Kier molecular flexibility index (Phi) is 5.21. The van der Waals surface area contributed by atoms with Crippen LogP contribution in [0.1, 0.15) is 0 Å². The molecule has 1 aromatic heterocycles. The Morgan fingerprint density at radius 1 is 0.350 bits per heavy atom. The van der Waals surface area contributed by atoms with Crippen molar-refractivity contribution in [1.82, 2.24) is 4.98 Å². The standard InChI is InChI=1S/C39H25N/c1-2-11-27(12-3-1)38-33-16-8-9-17-34(33)39(37-25-40-23-22-36(37)38)35-21-20-30(31-14-6-7-15-32(31)35)29-19-18-26-10-4-5-13-28(26)24-29/h1-25H. The maximum atomic E-state index is 4.61. The molecule has 0 N–H and O–H groups in total. The normalized spacial score (nSPS) is 11.5. The summed E-state index contributed by atoms with van der Waals surface area (Å²) < 4.78 is 0. The van der Waals surface area contributed by atoms with E-state index in [1.807, 2.05) is 12.4 Å². The summed E-state index contributed by atoms with van der Waals surface area (Å²) in [7, 11) is 0. The minimum Gasteiger partial charge on any atom is -0.264 e. The van der Waals surface area contributed by atoms with Crippen molar-refractivity contribution >= 4 is 43.1 Å². The predicted molar refractivity (Wildman–Crippen MR) is 171 cm³/mol. The zero-order valence-electron chi connectivity index (χ0n) is 21.9. The average molecular weight is 508 g/mol. The van der Waals surface area contributed by atoms with Crippen LogP contribution in [0.4, 0.5) is 0 Å². The van der Waals surface area contributed by atoms with Crippen molar-refractivity contribution in [3.63, 3.8) is 0 Å². The summed E-state index contributed by atoms with van der Waals surface area (Å²) >= 11 is 0. The molecule has 0 radical (unpaired) electrons. The topological polar surface area (TPSA) is 12.9 Å². The molecule has 0 saturated carbocycles. The molecule has 1 nitrogen and oxygen atoms in total. The van der Waals surface area contributed by atoms with Gasteiger partial charge in [-0.05, 0) is 83.2 Å². The van der Waals surface area contributed by atoms with Gasteiger partial charge in [0.2, 0.25) is 0 Å². The van der Waals surface area contributed by atoms with E-state index in [0.29, 0.717) is 0 Å². The molecule has 8 rings (SSSR count). The van der Waals surface area contributed by atoms with Crippen LogP contribution in [0, 0.1) is 0 Å². The largest absolute Gasteiger partial charge is 0.264 e. The molecule has 0 amide bonds. The highest BCUT2D eigenvalue weighted by Crippen LogP contribution is 2.46. The molecule has 0 atom stereocenters. The second-order valence-corrected chi connectivity index (χ2v) is 10.4. The lowest BCUT2D eigenvalue weighted by atomic mass is 9.84. The Morgan fingerprint density at radius 3 is 1.75 bits per heavy atom. The van der Waals surface area contributed by atoms with Crippen molar-refractivity contribution in [2.45, 2.75) is 0 Å². The van der Waals surface area contributed by atoms with Crippen LogP contribution in [0.15, 0.2) is 152 Å².